The van der Waals surface area contributed by atoms with Gasteiger partial charge < -0.3 is 10.0 Å². The van der Waals surface area contributed by atoms with Gasteiger partial charge in [0.15, 0.2) is 0 Å². The van der Waals surface area contributed by atoms with Crippen LogP contribution in [0.25, 0.3) is 0 Å². The van der Waals surface area contributed by atoms with Crippen LogP contribution in [-0.4, -0.2) is 39.9 Å². The molecule has 1 unspecified atom stereocenters. The molecule has 0 saturated heterocycles. The zero-order valence-corrected chi connectivity index (χ0v) is 18.1. The van der Waals surface area contributed by atoms with Crippen molar-refractivity contribution >= 4 is 17.5 Å². The SMILES string of the molecule is O=C1c2ccccc2N(Cc2ccc(C(F)(F)C(=O)NO)cc2)C(O)N1CCc1ccccc1. The first-order chi connectivity index (χ1) is 16.3. The van der Waals surface area contributed by atoms with Crippen molar-refractivity contribution in [3.8, 4) is 0 Å². The standard InChI is InChI=1S/C25H23F2N3O4/c26-25(27,23(32)28-34)19-12-10-18(11-13-19)16-30-21-9-5-4-8-20(21)22(31)29(24(30)33)15-14-17-6-2-1-3-7-17/h1-13,24,33-34H,14-16H2,(H,28,32). The van der Waals surface area contributed by atoms with Gasteiger partial charge in [-0.25, -0.2) is 5.48 Å². The number of hydrogen-bond donors (Lipinski definition) is 3. The van der Waals surface area contributed by atoms with Crippen LogP contribution < -0.4 is 10.4 Å². The molecule has 4 rings (SSSR count). The molecule has 176 valence electrons. The van der Waals surface area contributed by atoms with E-state index in [4.69, 9.17) is 5.21 Å². The zero-order chi connectivity index (χ0) is 24.3. The number of nitrogens with one attached hydrogen (secondary N) is 1. The van der Waals surface area contributed by atoms with Gasteiger partial charge in [0.2, 0.25) is 6.35 Å². The van der Waals surface area contributed by atoms with Gasteiger partial charge in [0.1, 0.15) is 0 Å². The van der Waals surface area contributed by atoms with Gasteiger partial charge in [0.25, 0.3) is 5.91 Å². The van der Waals surface area contributed by atoms with E-state index in [1.54, 1.807) is 29.2 Å². The van der Waals surface area contributed by atoms with E-state index >= 15 is 0 Å². The van der Waals surface area contributed by atoms with Crippen molar-refractivity contribution in [2.75, 3.05) is 11.4 Å². The molecule has 3 aromatic carbocycles. The van der Waals surface area contributed by atoms with Crippen LogP contribution in [0, 0.1) is 0 Å². The molecule has 0 bridgehead atoms. The summed E-state index contributed by atoms with van der Waals surface area (Å²) in [6.07, 6.45) is -0.705. The summed E-state index contributed by atoms with van der Waals surface area (Å²) in [5.74, 6) is -6.01. The van der Waals surface area contributed by atoms with E-state index in [2.05, 4.69) is 0 Å². The second-order valence-electron chi connectivity index (χ2n) is 7.94. The number of halogens is 2. The number of carbonyl (C=O) groups excluding carboxylic acids is 2. The average molecular weight is 467 g/mol. The van der Waals surface area contributed by atoms with E-state index in [1.807, 2.05) is 30.3 Å². The summed E-state index contributed by atoms with van der Waals surface area (Å²) in [6, 6.07) is 21.5. The van der Waals surface area contributed by atoms with Gasteiger partial charge in [-0.2, -0.15) is 8.78 Å². The minimum atomic E-state index is -3.90. The Morgan fingerprint density at radius 3 is 2.24 bits per heavy atom. The summed E-state index contributed by atoms with van der Waals surface area (Å²) in [6.45, 7) is 0.418. The largest absolute Gasteiger partial charge is 0.356 e. The molecule has 0 radical (unpaired) electrons. The van der Waals surface area contributed by atoms with Gasteiger partial charge in [-0.1, -0.05) is 66.7 Å². The summed E-state index contributed by atoms with van der Waals surface area (Å²) >= 11 is 0. The number of anilines is 1. The van der Waals surface area contributed by atoms with Crippen LogP contribution in [0.1, 0.15) is 27.0 Å². The first kappa shape index (κ1) is 23.3. The normalized spacial score (nSPS) is 15.8. The number of hydroxylamine groups is 1. The number of nitrogens with zero attached hydrogens (tertiary/aromatic N) is 2. The molecular formula is C25H23F2N3O4. The van der Waals surface area contributed by atoms with Gasteiger partial charge in [-0.05, 0) is 29.7 Å². The maximum atomic E-state index is 14.1. The van der Waals surface area contributed by atoms with Crippen molar-refractivity contribution in [2.24, 2.45) is 0 Å². The number of carbonyl (C=O) groups is 2. The number of aliphatic hydroxyl groups is 1. The number of para-hydroxylation sites is 1. The molecule has 2 amide bonds. The number of alkyl halides is 2. The third-order valence-electron chi connectivity index (χ3n) is 5.80. The van der Waals surface area contributed by atoms with Gasteiger partial charge in [-0.15, -0.1) is 0 Å². The smallest absolute Gasteiger partial charge is 0.351 e. The fourth-order valence-corrected chi connectivity index (χ4v) is 3.95. The number of rotatable bonds is 7. The van der Waals surface area contributed by atoms with Gasteiger partial charge in [0, 0.05) is 18.7 Å². The molecule has 0 aromatic heterocycles. The monoisotopic (exact) mass is 467 g/mol. The molecule has 0 aliphatic carbocycles. The predicted octanol–water partition coefficient (Wildman–Crippen LogP) is 3.26. The topological polar surface area (TPSA) is 93.1 Å². The summed E-state index contributed by atoms with van der Waals surface area (Å²) < 4.78 is 28.1. The molecule has 0 saturated carbocycles. The third-order valence-corrected chi connectivity index (χ3v) is 5.80. The lowest BCUT2D eigenvalue weighted by Gasteiger charge is -2.42. The highest BCUT2D eigenvalue weighted by Gasteiger charge is 2.41. The first-order valence-electron chi connectivity index (χ1n) is 10.6. The fourth-order valence-electron chi connectivity index (χ4n) is 3.95. The second-order valence-corrected chi connectivity index (χ2v) is 7.94. The van der Waals surface area contributed by atoms with E-state index < -0.39 is 23.7 Å². The maximum absolute atomic E-state index is 14.1. The molecule has 34 heavy (non-hydrogen) atoms. The maximum Gasteiger partial charge on any atom is 0.351 e. The Hall–Kier alpha value is -3.82. The molecule has 7 nitrogen and oxygen atoms in total. The van der Waals surface area contributed by atoms with E-state index in [-0.39, 0.29) is 19.0 Å². The number of aliphatic hydroxyl groups excluding tert-OH is 1. The van der Waals surface area contributed by atoms with E-state index in [0.717, 1.165) is 23.2 Å². The highest BCUT2D eigenvalue weighted by molar-refractivity contribution is 6.01. The number of fused-ring (bicyclic) bond motifs is 1. The molecule has 1 aliphatic heterocycles. The minimum absolute atomic E-state index is 0.130. The first-order valence-corrected chi connectivity index (χ1v) is 10.6. The fraction of sp³-hybridized carbons (Fsp3) is 0.200. The Labute approximate surface area is 194 Å². The molecule has 1 atom stereocenters. The van der Waals surface area contributed by atoms with Crippen molar-refractivity contribution in [3.63, 3.8) is 0 Å². The van der Waals surface area contributed by atoms with Gasteiger partial charge >= 0.3 is 11.8 Å². The molecule has 1 heterocycles. The highest BCUT2D eigenvalue weighted by atomic mass is 19.3. The Balaban J connectivity index is 1.58. The average Bonchev–Trinajstić information content (AvgIpc) is 2.87. The van der Waals surface area contributed by atoms with Crippen LogP contribution in [0.2, 0.25) is 0 Å². The molecule has 3 aromatic rings. The minimum Gasteiger partial charge on any atom is -0.356 e. The van der Waals surface area contributed by atoms with Crippen molar-refractivity contribution < 1.29 is 28.7 Å². The Kier molecular flexibility index (Phi) is 6.58. The van der Waals surface area contributed by atoms with E-state index in [9.17, 15) is 23.5 Å². The summed E-state index contributed by atoms with van der Waals surface area (Å²) in [7, 11) is 0. The number of amides is 2. The van der Waals surface area contributed by atoms with Crippen molar-refractivity contribution in [3.05, 3.63) is 101 Å². The van der Waals surface area contributed by atoms with Crippen LogP contribution in [0.3, 0.4) is 0 Å². The van der Waals surface area contributed by atoms with Crippen molar-refractivity contribution in [1.29, 1.82) is 0 Å². The zero-order valence-electron chi connectivity index (χ0n) is 18.1. The molecule has 0 spiro atoms. The number of hydrogen-bond acceptors (Lipinski definition) is 5. The highest BCUT2D eigenvalue weighted by Crippen LogP contribution is 2.33. The molecule has 9 heteroatoms. The van der Waals surface area contributed by atoms with Crippen LogP contribution in [0.4, 0.5) is 14.5 Å². The van der Waals surface area contributed by atoms with Crippen molar-refractivity contribution in [1.82, 2.24) is 10.4 Å². The molecule has 1 aliphatic rings. The molecule has 0 fully saturated rings. The summed E-state index contributed by atoms with van der Waals surface area (Å²) in [5.41, 5.74) is 2.95. The quantitative estimate of drug-likeness (QED) is 0.366. The second kappa shape index (κ2) is 9.58. The lowest BCUT2D eigenvalue weighted by Crippen LogP contribution is -2.55. The van der Waals surface area contributed by atoms with Crippen LogP contribution in [-0.2, 0) is 23.7 Å². The predicted molar refractivity (Wildman–Crippen MR) is 120 cm³/mol. The van der Waals surface area contributed by atoms with Gasteiger partial charge in [-0.3, -0.25) is 19.7 Å². The van der Waals surface area contributed by atoms with Crippen LogP contribution in [0.15, 0.2) is 78.9 Å². The third kappa shape index (κ3) is 4.48. The van der Waals surface area contributed by atoms with Gasteiger partial charge in [0.05, 0.1) is 11.3 Å². The molecule has 3 N–H and O–H groups in total. The summed E-state index contributed by atoms with van der Waals surface area (Å²) in [5, 5.41) is 19.6. The summed E-state index contributed by atoms with van der Waals surface area (Å²) in [4.78, 5) is 27.3. The Morgan fingerprint density at radius 2 is 1.56 bits per heavy atom. The molecular weight excluding hydrogens is 444 g/mol. The van der Waals surface area contributed by atoms with E-state index in [1.165, 1.54) is 17.0 Å². The Morgan fingerprint density at radius 1 is 0.912 bits per heavy atom. The van der Waals surface area contributed by atoms with Crippen LogP contribution >= 0.6 is 0 Å². The Bertz CT molecular complexity index is 1170. The van der Waals surface area contributed by atoms with E-state index in [0.29, 0.717) is 23.2 Å². The van der Waals surface area contributed by atoms with Crippen molar-refractivity contribution in [2.45, 2.75) is 25.2 Å². The number of benzene rings is 3. The van der Waals surface area contributed by atoms with Crippen LogP contribution in [0.5, 0.6) is 0 Å². The lowest BCUT2D eigenvalue weighted by molar-refractivity contribution is -0.156. The lowest BCUT2D eigenvalue weighted by atomic mass is 10.0.